The first-order chi connectivity index (χ1) is 5.07. The monoisotopic (exact) mass is 156 g/mol. The van der Waals surface area contributed by atoms with Crippen LogP contribution in [0.3, 0.4) is 0 Å². The molecule has 0 fully saturated rings. The van der Waals surface area contributed by atoms with Gasteiger partial charge in [-0.1, -0.05) is 0 Å². The maximum absolute atomic E-state index is 9.09. The lowest BCUT2D eigenvalue weighted by atomic mass is 10.1. The van der Waals surface area contributed by atoms with Crippen molar-refractivity contribution in [3.63, 3.8) is 0 Å². The predicted molar refractivity (Wildman–Crippen MR) is 44.0 cm³/mol. The third kappa shape index (κ3) is 4.77. The van der Waals surface area contributed by atoms with E-state index < -0.39 is 0 Å². The minimum Gasteiger partial charge on any atom is -0.392 e. The standard InChI is InChI=1S/C8H16N2O/c1-6(4-5-9)10-7(2)8(3)11/h6-8,10-11H,4H2,1-3H3. The average molecular weight is 156 g/mol. The Balaban J connectivity index is 3.58. The molecule has 0 spiro atoms. The van der Waals surface area contributed by atoms with E-state index in [0.717, 1.165) is 0 Å². The molecule has 3 unspecified atom stereocenters. The molecule has 0 aromatic carbocycles. The highest BCUT2D eigenvalue weighted by atomic mass is 16.3. The molecule has 0 aromatic rings. The van der Waals surface area contributed by atoms with Gasteiger partial charge in [0.05, 0.1) is 18.6 Å². The predicted octanol–water partition coefficient (Wildman–Crippen LogP) is 0.647. The first-order valence-electron chi connectivity index (χ1n) is 3.89. The van der Waals surface area contributed by atoms with E-state index in [2.05, 4.69) is 11.4 Å². The molecule has 0 aliphatic heterocycles. The fourth-order valence-electron chi connectivity index (χ4n) is 0.784. The molecule has 0 bridgehead atoms. The van der Waals surface area contributed by atoms with Gasteiger partial charge in [-0.25, -0.2) is 0 Å². The van der Waals surface area contributed by atoms with Crippen molar-refractivity contribution in [3.05, 3.63) is 0 Å². The molecule has 0 aliphatic rings. The van der Waals surface area contributed by atoms with Gasteiger partial charge in [0, 0.05) is 12.1 Å². The van der Waals surface area contributed by atoms with Crippen LogP contribution in [0, 0.1) is 11.3 Å². The number of rotatable bonds is 4. The minimum absolute atomic E-state index is 0.0540. The Morgan fingerprint density at radius 3 is 2.36 bits per heavy atom. The molecule has 3 nitrogen and oxygen atoms in total. The van der Waals surface area contributed by atoms with Crippen LogP contribution in [0.1, 0.15) is 27.2 Å². The fourth-order valence-corrected chi connectivity index (χ4v) is 0.784. The molecule has 0 amide bonds. The van der Waals surface area contributed by atoms with E-state index in [1.165, 1.54) is 0 Å². The zero-order valence-corrected chi connectivity index (χ0v) is 7.33. The van der Waals surface area contributed by atoms with Crippen molar-refractivity contribution in [1.29, 1.82) is 5.26 Å². The molecular formula is C8H16N2O. The molecule has 2 N–H and O–H groups in total. The van der Waals surface area contributed by atoms with Gasteiger partial charge in [0.25, 0.3) is 0 Å². The Labute approximate surface area is 68.0 Å². The van der Waals surface area contributed by atoms with Crippen molar-refractivity contribution >= 4 is 0 Å². The van der Waals surface area contributed by atoms with Gasteiger partial charge < -0.3 is 10.4 Å². The van der Waals surface area contributed by atoms with Crippen LogP contribution in [0.15, 0.2) is 0 Å². The van der Waals surface area contributed by atoms with Gasteiger partial charge in [-0.05, 0) is 20.8 Å². The summed E-state index contributed by atoms with van der Waals surface area (Å²) in [4.78, 5) is 0. The van der Waals surface area contributed by atoms with Crippen molar-refractivity contribution in [3.8, 4) is 6.07 Å². The topological polar surface area (TPSA) is 56.0 Å². The van der Waals surface area contributed by atoms with Gasteiger partial charge in [0.2, 0.25) is 0 Å². The van der Waals surface area contributed by atoms with E-state index in [9.17, 15) is 0 Å². The van der Waals surface area contributed by atoms with Gasteiger partial charge in [0.15, 0.2) is 0 Å². The quantitative estimate of drug-likeness (QED) is 0.628. The second kappa shape index (κ2) is 5.11. The summed E-state index contributed by atoms with van der Waals surface area (Å²) in [6, 6.07) is 2.28. The summed E-state index contributed by atoms with van der Waals surface area (Å²) in [6.45, 7) is 5.57. The Kier molecular flexibility index (Phi) is 4.84. The summed E-state index contributed by atoms with van der Waals surface area (Å²) in [6.07, 6.45) is 0.119. The third-order valence-corrected chi connectivity index (χ3v) is 1.67. The molecule has 0 aliphatic carbocycles. The van der Waals surface area contributed by atoms with E-state index in [1.54, 1.807) is 6.92 Å². The summed E-state index contributed by atoms with van der Waals surface area (Å²) >= 11 is 0. The molecule has 0 radical (unpaired) electrons. The number of nitriles is 1. The maximum atomic E-state index is 9.09. The van der Waals surface area contributed by atoms with E-state index in [1.807, 2.05) is 13.8 Å². The number of hydrogen-bond acceptors (Lipinski definition) is 3. The van der Waals surface area contributed by atoms with Crippen LogP contribution in [0.25, 0.3) is 0 Å². The fraction of sp³-hybridized carbons (Fsp3) is 0.875. The molecule has 0 saturated carbocycles. The van der Waals surface area contributed by atoms with Gasteiger partial charge in [-0.2, -0.15) is 5.26 Å². The van der Waals surface area contributed by atoms with Crippen LogP contribution in [-0.4, -0.2) is 23.3 Å². The summed E-state index contributed by atoms with van der Waals surface area (Å²) in [5.41, 5.74) is 0. The van der Waals surface area contributed by atoms with Crippen LogP contribution in [0.2, 0.25) is 0 Å². The van der Waals surface area contributed by atoms with Gasteiger partial charge in [-0.15, -0.1) is 0 Å². The lowest BCUT2D eigenvalue weighted by molar-refractivity contribution is 0.147. The Bertz CT molecular complexity index is 140. The highest BCUT2D eigenvalue weighted by Crippen LogP contribution is 1.95. The molecule has 0 saturated heterocycles. The first-order valence-corrected chi connectivity index (χ1v) is 3.89. The van der Waals surface area contributed by atoms with E-state index in [0.29, 0.717) is 6.42 Å². The Hall–Kier alpha value is -0.590. The normalized spacial score (nSPS) is 18.5. The number of aliphatic hydroxyl groups excluding tert-OH is 1. The molecule has 11 heavy (non-hydrogen) atoms. The SMILES string of the molecule is CC(CC#N)NC(C)C(C)O. The number of nitrogens with one attached hydrogen (secondary N) is 1. The van der Waals surface area contributed by atoms with E-state index >= 15 is 0 Å². The lowest BCUT2D eigenvalue weighted by Gasteiger charge is -2.20. The molecule has 3 heteroatoms. The molecular weight excluding hydrogens is 140 g/mol. The largest absolute Gasteiger partial charge is 0.392 e. The van der Waals surface area contributed by atoms with E-state index in [4.69, 9.17) is 10.4 Å². The van der Waals surface area contributed by atoms with Crippen LogP contribution in [0.4, 0.5) is 0 Å². The van der Waals surface area contributed by atoms with Crippen molar-refractivity contribution < 1.29 is 5.11 Å². The van der Waals surface area contributed by atoms with Crippen molar-refractivity contribution in [1.82, 2.24) is 5.32 Å². The highest BCUT2D eigenvalue weighted by Gasteiger charge is 2.10. The van der Waals surface area contributed by atoms with Crippen LogP contribution < -0.4 is 5.32 Å². The van der Waals surface area contributed by atoms with Crippen LogP contribution >= 0.6 is 0 Å². The van der Waals surface area contributed by atoms with Crippen molar-refractivity contribution in [2.75, 3.05) is 0 Å². The van der Waals surface area contributed by atoms with Gasteiger partial charge in [0.1, 0.15) is 0 Å². The zero-order chi connectivity index (χ0) is 8.85. The van der Waals surface area contributed by atoms with Crippen LogP contribution in [0.5, 0.6) is 0 Å². The van der Waals surface area contributed by atoms with Gasteiger partial charge >= 0.3 is 0 Å². The van der Waals surface area contributed by atoms with Crippen LogP contribution in [-0.2, 0) is 0 Å². The summed E-state index contributed by atoms with van der Waals surface area (Å²) in [5.74, 6) is 0. The second-order valence-electron chi connectivity index (χ2n) is 2.96. The second-order valence-corrected chi connectivity index (χ2v) is 2.96. The molecule has 3 atom stereocenters. The van der Waals surface area contributed by atoms with Crippen molar-refractivity contribution in [2.24, 2.45) is 0 Å². The third-order valence-electron chi connectivity index (χ3n) is 1.67. The first kappa shape index (κ1) is 10.4. The minimum atomic E-state index is -0.365. The lowest BCUT2D eigenvalue weighted by Crippen LogP contribution is -2.40. The number of nitrogens with zero attached hydrogens (tertiary/aromatic N) is 1. The number of hydrogen-bond donors (Lipinski definition) is 2. The highest BCUT2D eigenvalue weighted by molar-refractivity contribution is 4.80. The maximum Gasteiger partial charge on any atom is 0.0662 e. The summed E-state index contributed by atoms with van der Waals surface area (Å²) in [5, 5.41) is 20.5. The Morgan fingerprint density at radius 2 is 2.00 bits per heavy atom. The van der Waals surface area contributed by atoms with E-state index in [-0.39, 0.29) is 18.2 Å². The molecule has 0 aromatic heterocycles. The number of aliphatic hydroxyl groups is 1. The smallest absolute Gasteiger partial charge is 0.0662 e. The summed E-state index contributed by atoms with van der Waals surface area (Å²) < 4.78 is 0. The molecule has 0 heterocycles. The Morgan fingerprint density at radius 1 is 1.45 bits per heavy atom. The molecule has 0 rings (SSSR count). The van der Waals surface area contributed by atoms with Crippen molar-refractivity contribution in [2.45, 2.75) is 45.4 Å². The zero-order valence-electron chi connectivity index (χ0n) is 7.33. The van der Waals surface area contributed by atoms with Gasteiger partial charge in [-0.3, -0.25) is 0 Å². The average Bonchev–Trinajstić information content (AvgIpc) is 1.87. The molecule has 64 valence electrons. The summed E-state index contributed by atoms with van der Waals surface area (Å²) in [7, 11) is 0.